The molecule has 0 atom stereocenters. The molecular weight excluding hydrogens is 270 g/mol. The number of hydrogen-bond donors (Lipinski definition) is 2. The molecule has 2 aromatic rings. The van der Waals surface area contributed by atoms with E-state index in [0.29, 0.717) is 13.1 Å². The lowest BCUT2D eigenvalue weighted by Crippen LogP contribution is -2.36. The summed E-state index contributed by atoms with van der Waals surface area (Å²) in [5.41, 5.74) is 0.984. The van der Waals surface area contributed by atoms with Gasteiger partial charge in [0.05, 0.1) is 18.8 Å². The second-order valence-electron chi connectivity index (χ2n) is 4.17. The number of pyridine rings is 1. The molecule has 0 amide bonds. The van der Waals surface area contributed by atoms with E-state index in [9.17, 15) is 0 Å². The van der Waals surface area contributed by atoms with E-state index in [1.54, 1.807) is 24.6 Å². The van der Waals surface area contributed by atoms with Crippen LogP contribution in [-0.2, 0) is 19.5 Å². The third-order valence-electron chi connectivity index (χ3n) is 2.74. The molecule has 0 aliphatic heterocycles. The first kappa shape index (κ1) is 14.5. The third kappa shape index (κ3) is 4.31. The fraction of sp³-hybridized carbons (Fsp3) is 0.357. The number of aromatic nitrogens is 2. The van der Waals surface area contributed by atoms with Crippen molar-refractivity contribution >= 4 is 17.3 Å². The molecule has 0 spiro atoms. The van der Waals surface area contributed by atoms with Crippen molar-refractivity contribution in [1.29, 1.82) is 0 Å². The molecular formula is C14H19N5S. The van der Waals surface area contributed by atoms with Gasteiger partial charge in [0.15, 0.2) is 5.96 Å². The molecule has 0 saturated heterocycles. The van der Waals surface area contributed by atoms with Crippen LogP contribution in [0.2, 0.25) is 0 Å². The van der Waals surface area contributed by atoms with Gasteiger partial charge < -0.3 is 10.6 Å². The van der Waals surface area contributed by atoms with Crippen LogP contribution in [-0.4, -0.2) is 23.0 Å². The zero-order valence-electron chi connectivity index (χ0n) is 11.8. The van der Waals surface area contributed by atoms with Gasteiger partial charge in [0.1, 0.15) is 5.01 Å². The standard InChI is InChI=1S/C14H19N5S/c1-3-12-9-17-13(20-12)10-19-14(15-2)18-8-11-6-4-5-7-16-11/h4-7,9H,3,8,10H2,1-2H3,(H2,15,18,19). The highest BCUT2D eigenvalue weighted by Crippen LogP contribution is 2.12. The van der Waals surface area contributed by atoms with E-state index in [2.05, 4.69) is 32.5 Å². The third-order valence-corrected chi connectivity index (χ3v) is 3.89. The van der Waals surface area contributed by atoms with Crippen molar-refractivity contribution in [3.8, 4) is 0 Å². The van der Waals surface area contributed by atoms with E-state index in [1.807, 2.05) is 24.4 Å². The largest absolute Gasteiger partial charge is 0.351 e. The van der Waals surface area contributed by atoms with Crippen LogP contribution in [0.3, 0.4) is 0 Å². The molecule has 2 rings (SSSR count). The van der Waals surface area contributed by atoms with Gasteiger partial charge in [0.2, 0.25) is 0 Å². The lowest BCUT2D eigenvalue weighted by molar-refractivity contribution is 0.791. The molecule has 2 N–H and O–H groups in total. The van der Waals surface area contributed by atoms with E-state index in [1.165, 1.54) is 4.88 Å². The highest BCUT2D eigenvalue weighted by atomic mass is 32.1. The molecule has 0 aliphatic carbocycles. The molecule has 0 bridgehead atoms. The number of aliphatic imine (C=N–C) groups is 1. The smallest absolute Gasteiger partial charge is 0.191 e. The van der Waals surface area contributed by atoms with Crippen molar-refractivity contribution in [2.24, 2.45) is 4.99 Å². The summed E-state index contributed by atoms with van der Waals surface area (Å²) in [6.45, 7) is 3.48. The van der Waals surface area contributed by atoms with Gasteiger partial charge in [-0.25, -0.2) is 4.98 Å². The average Bonchev–Trinajstić information content (AvgIpc) is 2.96. The van der Waals surface area contributed by atoms with E-state index in [0.717, 1.165) is 23.1 Å². The molecule has 20 heavy (non-hydrogen) atoms. The average molecular weight is 289 g/mol. The number of guanidine groups is 1. The summed E-state index contributed by atoms with van der Waals surface area (Å²) < 4.78 is 0. The summed E-state index contributed by atoms with van der Waals surface area (Å²) in [4.78, 5) is 14.1. The molecule has 2 aromatic heterocycles. The highest BCUT2D eigenvalue weighted by Gasteiger charge is 2.02. The summed E-state index contributed by atoms with van der Waals surface area (Å²) in [5.74, 6) is 0.754. The predicted molar refractivity (Wildman–Crippen MR) is 82.8 cm³/mol. The molecule has 0 aromatic carbocycles. The van der Waals surface area contributed by atoms with Crippen LogP contribution in [0.25, 0.3) is 0 Å². The van der Waals surface area contributed by atoms with Crippen LogP contribution in [0.15, 0.2) is 35.6 Å². The molecule has 6 heteroatoms. The minimum atomic E-state index is 0.651. The Morgan fingerprint density at radius 2 is 2.10 bits per heavy atom. The summed E-state index contributed by atoms with van der Waals surface area (Å²) in [6.07, 6.45) is 4.76. The molecule has 0 fully saturated rings. The minimum absolute atomic E-state index is 0.651. The van der Waals surface area contributed by atoms with Gasteiger partial charge in [-0.3, -0.25) is 9.98 Å². The first-order valence-corrected chi connectivity index (χ1v) is 7.41. The van der Waals surface area contributed by atoms with Gasteiger partial charge in [-0.1, -0.05) is 13.0 Å². The van der Waals surface area contributed by atoms with Crippen LogP contribution in [0.5, 0.6) is 0 Å². The summed E-state index contributed by atoms with van der Waals surface area (Å²) >= 11 is 1.73. The van der Waals surface area contributed by atoms with Crippen molar-refractivity contribution < 1.29 is 0 Å². The number of nitrogens with zero attached hydrogens (tertiary/aromatic N) is 3. The van der Waals surface area contributed by atoms with Gasteiger partial charge in [-0.2, -0.15) is 0 Å². The monoisotopic (exact) mass is 289 g/mol. The van der Waals surface area contributed by atoms with Crippen molar-refractivity contribution in [1.82, 2.24) is 20.6 Å². The first-order chi connectivity index (χ1) is 9.81. The summed E-state index contributed by atoms with van der Waals surface area (Å²) in [5, 5.41) is 7.55. The van der Waals surface area contributed by atoms with Gasteiger partial charge >= 0.3 is 0 Å². The van der Waals surface area contributed by atoms with E-state index in [4.69, 9.17) is 0 Å². The molecule has 0 aliphatic rings. The SMILES string of the molecule is CCc1cnc(CNC(=NC)NCc2ccccn2)s1. The van der Waals surface area contributed by atoms with Gasteiger partial charge in [-0.05, 0) is 18.6 Å². The van der Waals surface area contributed by atoms with Crippen LogP contribution < -0.4 is 10.6 Å². The normalized spacial score (nSPS) is 11.4. The van der Waals surface area contributed by atoms with Crippen LogP contribution in [0.1, 0.15) is 22.5 Å². The molecule has 0 radical (unpaired) electrons. The minimum Gasteiger partial charge on any atom is -0.351 e. The quantitative estimate of drug-likeness (QED) is 0.652. The Morgan fingerprint density at radius 1 is 1.25 bits per heavy atom. The fourth-order valence-corrected chi connectivity index (χ4v) is 2.45. The lowest BCUT2D eigenvalue weighted by atomic mass is 10.3. The van der Waals surface area contributed by atoms with Crippen molar-refractivity contribution in [3.63, 3.8) is 0 Å². The second-order valence-corrected chi connectivity index (χ2v) is 5.37. The Morgan fingerprint density at radius 3 is 2.75 bits per heavy atom. The topological polar surface area (TPSA) is 62.2 Å². The van der Waals surface area contributed by atoms with Gasteiger partial charge in [0, 0.05) is 24.3 Å². The maximum absolute atomic E-state index is 4.37. The number of aryl methyl sites for hydroxylation is 1. The van der Waals surface area contributed by atoms with E-state index < -0.39 is 0 Å². The highest BCUT2D eigenvalue weighted by molar-refractivity contribution is 7.11. The predicted octanol–water partition coefficient (Wildman–Crippen LogP) is 1.97. The molecule has 106 valence electrons. The Labute approximate surface area is 123 Å². The maximum Gasteiger partial charge on any atom is 0.191 e. The van der Waals surface area contributed by atoms with Crippen LogP contribution in [0, 0.1) is 0 Å². The Hall–Kier alpha value is -1.95. The Kier molecular flexibility index (Phi) is 5.49. The van der Waals surface area contributed by atoms with E-state index in [-0.39, 0.29) is 0 Å². The van der Waals surface area contributed by atoms with Crippen molar-refractivity contribution in [2.45, 2.75) is 26.4 Å². The number of rotatable bonds is 5. The zero-order chi connectivity index (χ0) is 14.2. The number of thiazole rings is 1. The Bertz CT molecular complexity index is 550. The molecule has 5 nitrogen and oxygen atoms in total. The molecule has 0 unspecified atom stereocenters. The Balaban J connectivity index is 1.81. The second kappa shape index (κ2) is 7.59. The zero-order valence-corrected chi connectivity index (χ0v) is 12.6. The fourth-order valence-electron chi connectivity index (χ4n) is 1.65. The van der Waals surface area contributed by atoms with Crippen LogP contribution in [0.4, 0.5) is 0 Å². The number of hydrogen-bond acceptors (Lipinski definition) is 4. The van der Waals surface area contributed by atoms with Gasteiger partial charge in [0.25, 0.3) is 0 Å². The maximum atomic E-state index is 4.37. The summed E-state index contributed by atoms with van der Waals surface area (Å²) in [7, 11) is 1.76. The van der Waals surface area contributed by atoms with Crippen LogP contribution >= 0.6 is 11.3 Å². The van der Waals surface area contributed by atoms with Crippen molar-refractivity contribution in [3.05, 3.63) is 46.2 Å². The van der Waals surface area contributed by atoms with Gasteiger partial charge in [-0.15, -0.1) is 11.3 Å². The molecule has 0 saturated carbocycles. The summed E-state index contributed by atoms with van der Waals surface area (Å²) in [6, 6.07) is 5.86. The van der Waals surface area contributed by atoms with E-state index >= 15 is 0 Å². The molecule has 2 heterocycles. The number of nitrogens with one attached hydrogen (secondary N) is 2. The lowest BCUT2D eigenvalue weighted by Gasteiger charge is -2.10. The first-order valence-electron chi connectivity index (χ1n) is 6.59. The van der Waals surface area contributed by atoms with Crippen molar-refractivity contribution in [2.75, 3.05) is 7.05 Å².